The lowest BCUT2D eigenvalue weighted by Crippen LogP contribution is -3.08. The number of anilines is 1. The van der Waals surface area contributed by atoms with Crippen molar-refractivity contribution < 1.29 is 9.42 Å². The Bertz CT molecular complexity index is 825. The first-order valence-electron chi connectivity index (χ1n) is 11.1. The van der Waals surface area contributed by atoms with Gasteiger partial charge in [-0.3, -0.25) is 0 Å². The highest BCUT2D eigenvalue weighted by Crippen LogP contribution is 2.67. The third-order valence-corrected chi connectivity index (χ3v) is 10.4. The van der Waals surface area contributed by atoms with Crippen LogP contribution in [0.4, 0.5) is 5.69 Å². The van der Waals surface area contributed by atoms with E-state index in [1.54, 1.807) is 10.6 Å². The highest BCUT2D eigenvalue weighted by Gasteiger charge is 2.48. The molecular formula is C22H31N3OPS+. The van der Waals surface area contributed by atoms with E-state index in [4.69, 9.17) is 21.4 Å². The zero-order valence-corrected chi connectivity index (χ0v) is 18.3. The molecule has 0 amide bonds. The lowest BCUT2D eigenvalue weighted by Gasteiger charge is -2.35. The monoisotopic (exact) mass is 416 g/mol. The second kappa shape index (κ2) is 8.02. The van der Waals surface area contributed by atoms with Crippen LogP contribution in [-0.2, 0) is 16.3 Å². The minimum absolute atomic E-state index is 0.296. The van der Waals surface area contributed by atoms with Gasteiger partial charge in [-0.15, -0.1) is 0 Å². The molecule has 0 aromatic heterocycles. The molecule has 2 heterocycles. The van der Waals surface area contributed by atoms with Crippen molar-refractivity contribution >= 4 is 29.6 Å². The van der Waals surface area contributed by atoms with E-state index < -0.39 is 6.42 Å². The molecule has 4 nitrogen and oxygen atoms in total. The van der Waals surface area contributed by atoms with Crippen LogP contribution in [0.5, 0.6) is 0 Å². The Hall–Kier alpha value is -1.00. The predicted molar refractivity (Wildman–Crippen MR) is 119 cm³/mol. The quantitative estimate of drug-likeness (QED) is 0.728. The molecule has 1 atom stereocenters. The summed E-state index contributed by atoms with van der Waals surface area (Å²) in [5.74, 6) is 0. The Morgan fingerprint density at radius 3 is 2.46 bits per heavy atom. The van der Waals surface area contributed by atoms with Crippen LogP contribution in [0.2, 0.25) is 0 Å². The van der Waals surface area contributed by atoms with Gasteiger partial charge in [0, 0.05) is 19.3 Å². The number of hydrogen-bond donors (Lipinski definition) is 1. The van der Waals surface area contributed by atoms with Gasteiger partial charge in [-0.2, -0.15) is 5.10 Å². The van der Waals surface area contributed by atoms with Gasteiger partial charge in [0.25, 0.3) is 0 Å². The zero-order valence-electron chi connectivity index (χ0n) is 16.6. The van der Waals surface area contributed by atoms with Crippen LogP contribution in [0.15, 0.2) is 46.4 Å². The van der Waals surface area contributed by atoms with Gasteiger partial charge >= 0.3 is 0 Å². The van der Waals surface area contributed by atoms with Crippen LogP contribution in [0.25, 0.3) is 0 Å². The molecule has 0 bridgehead atoms. The van der Waals surface area contributed by atoms with Crippen molar-refractivity contribution in [3.63, 3.8) is 0 Å². The summed E-state index contributed by atoms with van der Waals surface area (Å²) in [5.41, 5.74) is 3.86. The van der Waals surface area contributed by atoms with Crippen LogP contribution in [-0.4, -0.2) is 24.9 Å². The molecule has 2 aliphatic heterocycles. The lowest BCUT2D eigenvalue weighted by atomic mass is 9.98. The average molecular weight is 417 g/mol. The van der Waals surface area contributed by atoms with Crippen LogP contribution in [0.3, 0.4) is 0 Å². The number of nitrogens with zero attached hydrogens (tertiary/aromatic N) is 2. The van der Waals surface area contributed by atoms with Gasteiger partial charge < -0.3 is 9.42 Å². The van der Waals surface area contributed by atoms with Crippen molar-refractivity contribution in [2.75, 3.05) is 17.9 Å². The van der Waals surface area contributed by atoms with Crippen LogP contribution in [0.1, 0.15) is 64.2 Å². The number of hydrazone groups is 1. The Morgan fingerprint density at radius 1 is 0.964 bits per heavy atom. The fourth-order valence-corrected chi connectivity index (χ4v) is 9.39. The van der Waals surface area contributed by atoms with E-state index >= 15 is 0 Å². The van der Waals surface area contributed by atoms with Gasteiger partial charge in [0.05, 0.1) is 30.6 Å². The Balaban J connectivity index is 1.59. The standard InChI is InChI=1S/C22H30N3OPS/c28-27(26-19-12-5-2-6-13-19)22-20(23-25(27)18-10-3-1-4-11-18)14-9-15-21(22)24-16-7-8-17-24/h1,3-4,10-11,19H,2,5-9,12-17H2/p+1/t27-/m0/s1. The molecule has 0 spiro atoms. The van der Waals surface area contributed by atoms with Gasteiger partial charge in [0.15, 0.2) is 0 Å². The SMILES string of the molecule is S=[P@@]1(OC2CCCCC2)C2=C([NH+]3CCCC3)CCCC2=NN1c1ccccc1. The predicted octanol–water partition coefficient (Wildman–Crippen LogP) is 4.60. The zero-order chi connectivity index (χ0) is 19.0. The van der Waals surface area contributed by atoms with E-state index in [0.29, 0.717) is 6.10 Å². The van der Waals surface area contributed by atoms with E-state index in [9.17, 15) is 0 Å². The number of nitrogens with one attached hydrogen (secondary N) is 1. The Labute approximate surface area is 173 Å². The van der Waals surface area contributed by atoms with E-state index in [1.807, 2.05) is 0 Å². The summed E-state index contributed by atoms with van der Waals surface area (Å²) in [6, 6.07) is 10.5. The van der Waals surface area contributed by atoms with Gasteiger partial charge in [-0.1, -0.05) is 37.5 Å². The number of rotatable bonds is 4. The van der Waals surface area contributed by atoms with E-state index in [0.717, 1.165) is 24.9 Å². The van der Waals surface area contributed by atoms with Crippen LogP contribution < -0.4 is 9.68 Å². The maximum Gasteiger partial charge on any atom is 0.214 e. The highest BCUT2D eigenvalue weighted by molar-refractivity contribution is 8.15. The maximum absolute atomic E-state index is 6.93. The van der Waals surface area contributed by atoms with Crippen LogP contribution in [0, 0.1) is 0 Å². The summed E-state index contributed by atoms with van der Waals surface area (Å²) in [6.45, 7) is 2.49. The first-order valence-corrected chi connectivity index (χ1v) is 13.7. The molecule has 0 unspecified atom stereocenters. The normalized spacial score (nSPS) is 29.3. The highest BCUT2D eigenvalue weighted by atomic mass is 32.4. The molecule has 2 fully saturated rings. The van der Waals surface area contributed by atoms with Crippen molar-refractivity contribution in [3.05, 3.63) is 41.3 Å². The number of quaternary nitrogens is 1. The molecule has 0 radical (unpaired) electrons. The van der Waals surface area contributed by atoms with E-state index in [-0.39, 0.29) is 0 Å². The largest absolute Gasteiger partial charge is 0.326 e. The second-order valence-electron chi connectivity index (χ2n) is 8.55. The molecule has 1 saturated heterocycles. The molecule has 6 heteroatoms. The first-order chi connectivity index (χ1) is 13.8. The number of fused-ring (bicyclic) bond motifs is 1. The van der Waals surface area contributed by atoms with Crippen molar-refractivity contribution in [1.82, 2.24) is 0 Å². The van der Waals surface area contributed by atoms with Crippen molar-refractivity contribution in [2.24, 2.45) is 5.10 Å². The lowest BCUT2D eigenvalue weighted by molar-refractivity contribution is -0.849. The molecule has 4 aliphatic rings. The molecule has 28 heavy (non-hydrogen) atoms. The van der Waals surface area contributed by atoms with E-state index in [1.165, 1.54) is 69.1 Å². The second-order valence-corrected chi connectivity index (χ2v) is 12.1. The smallest absolute Gasteiger partial charge is 0.214 e. The fraction of sp³-hybridized carbons (Fsp3) is 0.591. The maximum atomic E-state index is 6.93. The van der Waals surface area contributed by atoms with Crippen molar-refractivity contribution in [3.8, 4) is 0 Å². The summed E-state index contributed by atoms with van der Waals surface area (Å²) in [6.07, 6.45) is 10.1. The summed E-state index contributed by atoms with van der Waals surface area (Å²) in [7, 11) is 0. The number of allylic oxidation sites excluding steroid dienone is 2. The molecule has 1 aromatic rings. The van der Waals surface area contributed by atoms with Crippen molar-refractivity contribution in [1.29, 1.82) is 0 Å². The average Bonchev–Trinajstić information content (AvgIpc) is 3.37. The first kappa shape index (κ1) is 19.0. The molecule has 5 rings (SSSR count). The minimum atomic E-state index is -2.39. The molecule has 1 N–H and O–H groups in total. The third-order valence-electron chi connectivity index (χ3n) is 6.61. The van der Waals surface area contributed by atoms with Crippen LogP contribution >= 0.6 is 6.42 Å². The van der Waals surface area contributed by atoms with Gasteiger partial charge in [0.1, 0.15) is 11.0 Å². The number of para-hydroxylation sites is 1. The fourth-order valence-electron chi connectivity index (χ4n) is 5.23. The summed E-state index contributed by atoms with van der Waals surface area (Å²) in [4.78, 5) is 1.65. The molecule has 2 aliphatic carbocycles. The van der Waals surface area contributed by atoms with E-state index in [2.05, 4.69) is 35.1 Å². The summed E-state index contributed by atoms with van der Waals surface area (Å²) in [5, 5.41) is 6.47. The Morgan fingerprint density at radius 2 is 1.71 bits per heavy atom. The molecular weight excluding hydrogens is 385 g/mol. The topological polar surface area (TPSA) is 29.3 Å². The van der Waals surface area contributed by atoms with Gasteiger partial charge in [-0.05, 0) is 49.6 Å². The summed E-state index contributed by atoms with van der Waals surface area (Å²) < 4.78 is 9.06. The molecule has 1 aromatic carbocycles. The third kappa shape index (κ3) is 3.41. The number of benzene rings is 1. The van der Waals surface area contributed by atoms with Crippen molar-refractivity contribution in [2.45, 2.75) is 70.3 Å². The number of hydrogen-bond acceptors (Lipinski definition) is 3. The Kier molecular flexibility index (Phi) is 5.44. The minimum Gasteiger partial charge on any atom is -0.326 e. The number of likely N-dealkylation sites (tertiary alicyclic amines) is 1. The summed E-state index contributed by atoms with van der Waals surface area (Å²) >= 11 is 6.49. The van der Waals surface area contributed by atoms with Gasteiger partial charge in [-0.25, -0.2) is 4.78 Å². The molecule has 150 valence electrons. The molecule has 1 saturated carbocycles. The van der Waals surface area contributed by atoms with Gasteiger partial charge in [0.2, 0.25) is 6.42 Å².